The molecule has 1 rings (SSSR count). The van der Waals surface area contributed by atoms with Crippen LogP contribution in [0.5, 0.6) is 5.75 Å². The Kier molecular flexibility index (Phi) is 4.80. The molecule has 0 bridgehead atoms. The summed E-state index contributed by atoms with van der Waals surface area (Å²) in [5.41, 5.74) is -0.158. The molecule has 0 aromatic heterocycles. The summed E-state index contributed by atoms with van der Waals surface area (Å²) < 4.78 is 18.7. The number of nitrogens with zero attached hydrogens (tertiary/aromatic N) is 1. The van der Waals surface area contributed by atoms with Gasteiger partial charge in [0.15, 0.2) is 17.7 Å². The number of hydrogen-bond acceptors (Lipinski definition) is 4. The van der Waals surface area contributed by atoms with Gasteiger partial charge in [0.25, 0.3) is 5.69 Å². The molecule has 0 aliphatic carbocycles. The van der Waals surface area contributed by atoms with Crippen LogP contribution in [-0.2, 0) is 4.79 Å². The maximum Gasteiger partial charge on any atom is 0.344 e. The number of aliphatic carboxylic acids is 1. The lowest BCUT2D eigenvalue weighted by Gasteiger charge is -2.15. The first-order valence-electron chi connectivity index (χ1n) is 5.70. The van der Waals surface area contributed by atoms with Crippen molar-refractivity contribution in [3.05, 3.63) is 33.6 Å². The van der Waals surface area contributed by atoms with E-state index in [0.29, 0.717) is 6.42 Å². The average molecular weight is 271 g/mol. The Balaban J connectivity index is 3.04. The van der Waals surface area contributed by atoms with Crippen molar-refractivity contribution in [3.8, 4) is 5.75 Å². The number of hydrogen-bond donors (Lipinski definition) is 1. The number of ether oxygens (including phenoxy) is 1. The van der Waals surface area contributed by atoms with E-state index in [-0.39, 0.29) is 23.4 Å². The van der Waals surface area contributed by atoms with Gasteiger partial charge in [-0.05, 0) is 19.4 Å². The molecule has 19 heavy (non-hydrogen) atoms. The number of carbonyl (C=O) groups is 1. The lowest BCUT2D eigenvalue weighted by atomic mass is 10.1. The zero-order valence-electron chi connectivity index (χ0n) is 10.6. The van der Waals surface area contributed by atoms with Crippen LogP contribution >= 0.6 is 0 Å². The average Bonchev–Trinajstić information content (AvgIpc) is 2.32. The lowest BCUT2D eigenvalue weighted by Crippen LogP contribution is -2.27. The Morgan fingerprint density at radius 1 is 1.58 bits per heavy atom. The Morgan fingerprint density at radius 2 is 2.21 bits per heavy atom. The molecular formula is C12H14FNO5. The summed E-state index contributed by atoms with van der Waals surface area (Å²) in [7, 11) is 0. The van der Waals surface area contributed by atoms with Gasteiger partial charge in [-0.1, -0.05) is 13.3 Å². The number of carboxylic acid groups (broad SMARTS) is 1. The van der Waals surface area contributed by atoms with Crippen molar-refractivity contribution in [2.24, 2.45) is 0 Å². The summed E-state index contributed by atoms with van der Waals surface area (Å²) in [5.74, 6) is -2.43. The summed E-state index contributed by atoms with van der Waals surface area (Å²) in [6.07, 6.45) is -0.379. The van der Waals surface area contributed by atoms with E-state index in [1.165, 1.54) is 6.92 Å². The minimum absolute atomic E-state index is 0.210. The van der Waals surface area contributed by atoms with Crippen molar-refractivity contribution in [1.82, 2.24) is 0 Å². The molecule has 0 aliphatic rings. The SMILES string of the molecule is CCCC(Oc1cc(C)c([N+](=O)[O-])cc1F)C(=O)O. The van der Waals surface area contributed by atoms with Gasteiger partial charge in [0.2, 0.25) is 0 Å². The highest BCUT2D eigenvalue weighted by Gasteiger charge is 2.22. The fourth-order valence-corrected chi connectivity index (χ4v) is 1.58. The summed E-state index contributed by atoms with van der Waals surface area (Å²) in [4.78, 5) is 20.8. The monoisotopic (exact) mass is 271 g/mol. The number of carboxylic acids is 1. The predicted octanol–water partition coefficient (Wildman–Crippen LogP) is 2.67. The Labute approximate surface area is 109 Å². The van der Waals surface area contributed by atoms with Crippen molar-refractivity contribution < 1.29 is 24.0 Å². The van der Waals surface area contributed by atoms with Gasteiger partial charge in [-0.15, -0.1) is 0 Å². The zero-order valence-corrected chi connectivity index (χ0v) is 10.6. The number of nitro benzene ring substituents is 1. The molecule has 0 aliphatic heterocycles. The molecule has 1 aromatic carbocycles. The molecule has 1 unspecified atom stereocenters. The van der Waals surface area contributed by atoms with Crippen LogP contribution in [0.1, 0.15) is 25.3 Å². The minimum atomic E-state index is -1.20. The molecule has 0 radical (unpaired) electrons. The van der Waals surface area contributed by atoms with E-state index in [1.807, 2.05) is 0 Å². The summed E-state index contributed by atoms with van der Waals surface area (Å²) in [6, 6.07) is 1.87. The third-order valence-electron chi connectivity index (χ3n) is 2.54. The largest absolute Gasteiger partial charge is 0.479 e. The quantitative estimate of drug-likeness (QED) is 0.634. The molecule has 1 aromatic rings. The predicted molar refractivity (Wildman–Crippen MR) is 64.8 cm³/mol. The molecule has 1 N–H and O–H groups in total. The number of halogens is 1. The van der Waals surface area contributed by atoms with Gasteiger partial charge in [-0.25, -0.2) is 9.18 Å². The second kappa shape index (κ2) is 6.12. The Morgan fingerprint density at radius 3 is 2.68 bits per heavy atom. The van der Waals surface area contributed by atoms with Gasteiger partial charge in [0.05, 0.1) is 11.0 Å². The summed E-state index contributed by atoms with van der Waals surface area (Å²) >= 11 is 0. The van der Waals surface area contributed by atoms with E-state index in [1.54, 1.807) is 6.92 Å². The molecule has 0 fully saturated rings. The maximum atomic E-state index is 13.6. The molecule has 0 heterocycles. The van der Waals surface area contributed by atoms with Crippen LogP contribution in [0.4, 0.5) is 10.1 Å². The van der Waals surface area contributed by atoms with E-state index >= 15 is 0 Å². The van der Waals surface area contributed by atoms with E-state index in [0.717, 1.165) is 12.1 Å². The van der Waals surface area contributed by atoms with Crippen molar-refractivity contribution in [2.75, 3.05) is 0 Å². The molecule has 1 atom stereocenters. The topological polar surface area (TPSA) is 89.7 Å². The smallest absolute Gasteiger partial charge is 0.344 e. The third kappa shape index (κ3) is 3.64. The van der Waals surface area contributed by atoms with Crippen molar-refractivity contribution in [3.63, 3.8) is 0 Å². The number of benzene rings is 1. The van der Waals surface area contributed by atoms with Crippen molar-refractivity contribution >= 4 is 11.7 Å². The first-order valence-corrected chi connectivity index (χ1v) is 5.70. The van der Waals surface area contributed by atoms with Gasteiger partial charge in [0, 0.05) is 5.56 Å². The second-order valence-corrected chi connectivity index (χ2v) is 4.06. The zero-order chi connectivity index (χ0) is 14.6. The molecule has 0 spiro atoms. The van der Waals surface area contributed by atoms with E-state index in [2.05, 4.69) is 0 Å². The van der Waals surface area contributed by atoms with Crippen LogP contribution in [0.3, 0.4) is 0 Å². The summed E-state index contributed by atoms with van der Waals surface area (Å²) in [5, 5.41) is 19.5. The van der Waals surface area contributed by atoms with Gasteiger partial charge in [-0.3, -0.25) is 10.1 Å². The van der Waals surface area contributed by atoms with Crippen LogP contribution in [0.2, 0.25) is 0 Å². The molecule has 0 amide bonds. The van der Waals surface area contributed by atoms with Gasteiger partial charge >= 0.3 is 5.97 Å². The van der Waals surface area contributed by atoms with E-state index < -0.39 is 22.8 Å². The maximum absolute atomic E-state index is 13.6. The number of nitro groups is 1. The molecule has 7 heteroatoms. The Hall–Kier alpha value is -2.18. The second-order valence-electron chi connectivity index (χ2n) is 4.06. The van der Waals surface area contributed by atoms with Crippen LogP contribution in [-0.4, -0.2) is 22.1 Å². The number of rotatable bonds is 6. The van der Waals surface area contributed by atoms with Crippen LogP contribution in [0.15, 0.2) is 12.1 Å². The minimum Gasteiger partial charge on any atom is -0.479 e. The molecule has 0 saturated heterocycles. The van der Waals surface area contributed by atoms with Crippen LogP contribution in [0, 0.1) is 22.9 Å². The first-order chi connectivity index (χ1) is 8.86. The van der Waals surface area contributed by atoms with Crippen LogP contribution < -0.4 is 4.74 Å². The van der Waals surface area contributed by atoms with E-state index in [4.69, 9.17) is 9.84 Å². The third-order valence-corrected chi connectivity index (χ3v) is 2.54. The van der Waals surface area contributed by atoms with Crippen LogP contribution in [0.25, 0.3) is 0 Å². The molecule has 0 saturated carbocycles. The molecular weight excluding hydrogens is 257 g/mol. The lowest BCUT2D eigenvalue weighted by molar-refractivity contribution is -0.385. The van der Waals surface area contributed by atoms with Crippen molar-refractivity contribution in [1.29, 1.82) is 0 Å². The Bertz CT molecular complexity index is 503. The van der Waals surface area contributed by atoms with E-state index in [9.17, 15) is 19.3 Å². The standard InChI is InChI=1S/C12H14FNO5/c1-3-4-10(12(15)16)19-11-5-7(2)9(14(17)18)6-8(11)13/h5-6,10H,3-4H2,1-2H3,(H,15,16). The normalized spacial score (nSPS) is 11.9. The first kappa shape index (κ1) is 14.9. The van der Waals surface area contributed by atoms with Gasteiger partial charge in [-0.2, -0.15) is 0 Å². The molecule has 104 valence electrons. The van der Waals surface area contributed by atoms with Gasteiger partial charge < -0.3 is 9.84 Å². The number of aryl methyl sites for hydroxylation is 1. The fraction of sp³-hybridized carbons (Fsp3) is 0.417. The highest BCUT2D eigenvalue weighted by molar-refractivity contribution is 5.72. The van der Waals surface area contributed by atoms with Gasteiger partial charge in [0.1, 0.15) is 0 Å². The highest BCUT2D eigenvalue weighted by Crippen LogP contribution is 2.28. The summed E-state index contributed by atoms with van der Waals surface area (Å²) in [6.45, 7) is 3.21. The highest BCUT2D eigenvalue weighted by atomic mass is 19.1. The fourth-order valence-electron chi connectivity index (χ4n) is 1.58. The van der Waals surface area contributed by atoms with Crippen molar-refractivity contribution in [2.45, 2.75) is 32.8 Å². The molecule has 6 nitrogen and oxygen atoms in total.